The SMILES string of the molecule is CCCCCCCCCCCCCCCC1OC(C)(C)OC1C(=O)OC. The van der Waals surface area contributed by atoms with E-state index in [4.69, 9.17) is 14.2 Å². The van der Waals surface area contributed by atoms with Gasteiger partial charge in [0.05, 0.1) is 13.2 Å². The van der Waals surface area contributed by atoms with Crippen molar-refractivity contribution in [1.82, 2.24) is 0 Å². The zero-order valence-electron chi connectivity index (χ0n) is 17.7. The monoisotopic (exact) mass is 370 g/mol. The quantitative estimate of drug-likeness (QED) is 0.256. The molecule has 0 amide bonds. The summed E-state index contributed by atoms with van der Waals surface area (Å²) >= 11 is 0. The van der Waals surface area contributed by atoms with E-state index in [2.05, 4.69) is 6.92 Å². The van der Waals surface area contributed by atoms with Crippen molar-refractivity contribution in [1.29, 1.82) is 0 Å². The van der Waals surface area contributed by atoms with Gasteiger partial charge in [-0.05, 0) is 20.3 Å². The van der Waals surface area contributed by atoms with Crippen LogP contribution < -0.4 is 0 Å². The van der Waals surface area contributed by atoms with Crippen molar-refractivity contribution in [2.24, 2.45) is 0 Å². The number of hydrogen-bond donors (Lipinski definition) is 0. The summed E-state index contributed by atoms with van der Waals surface area (Å²) in [5.74, 6) is -1.02. The molecule has 1 heterocycles. The zero-order valence-corrected chi connectivity index (χ0v) is 17.7. The van der Waals surface area contributed by atoms with Crippen molar-refractivity contribution in [2.75, 3.05) is 7.11 Å². The molecule has 0 spiro atoms. The Balaban J connectivity index is 1.97. The number of esters is 1. The Labute approximate surface area is 161 Å². The molecule has 154 valence electrons. The average molecular weight is 371 g/mol. The Hall–Kier alpha value is -0.610. The smallest absolute Gasteiger partial charge is 0.337 e. The fourth-order valence-corrected chi connectivity index (χ4v) is 3.73. The molecule has 1 saturated heterocycles. The van der Waals surface area contributed by atoms with Crippen LogP contribution in [0.15, 0.2) is 0 Å². The second-order valence-corrected chi connectivity index (χ2v) is 8.15. The molecule has 1 rings (SSSR count). The van der Waals surface area contributed by atoms with Crippen LogP contribution in [0, 0.1) is 0 Å². The van der Waals surface area contributed by atoms with Crippen LogP contribution in [0.1, 0.15) is 111 Å². The van der Waals surface area contributed by atoms with Gasteiger partial charge in [-0.1, -0.05) is 90.4 Å². The topological polar surface area (TPSA) is 44.8 Å². The molecule has 0 radical (unpaired) electrons. The maximum Gasteiger partial charge on any atom is 0.337 e. The Morgan fingerprint density at radius 2 is 1.27 bits per heavy atom. The van der Waals surface area contributed by atoms with E-state index < -0.39 is 11.9 Å². The highest BCUT2D eigenvalue weighted by molar-refractivity contribution is 5.75. The molecule has 0 aromatic rings. The summed E-state index contributed by atoms with van der Waals surface area (Å²) in [4.78, 5) is 11.8. The third kappa shape index (κ3) is 9.91. The van der Waals surface area contributed by atoms with Crippen LogP contribution >= 0.6 is 0 Å². The lowest BCUT2D eigenvalue weighted by molar-refractivity contribution is -0.168. The predicted molar refractivity (Wildman–Crippen MR) is 106 cm³/mol. The van der Waals surface area contributed by atoms with Gasteiger partial charge in [0.1, 0.15) is 0 Å². The minimum Gasteiger partial charge on any atom is -0.467 e. The number of methoxy groups -OCH3 is 1. The molecule has 4 nitrogen and oxygen atoms in total. The molecule has 0 N–H and O–H groups in total. The van der Waals surface area contributed by atoms with Gasteiger partial charge >= 0.3 is 5.97 Å². The molecule has 26 heavy (non-hydrogen) atoms. The van der Waals surface area contributed by atoms with Gasteiger partial charge in [0, 0.05) is 0 Å². The van der Waals surface area contributed by atoms with Crippen LogP contribution in [0.3, 0.4) is 0 Å². The number of unbranched alkanes of at least 4 members (excludes halogenated alkanes) is 12. The fourth-order valence-electron chi connectivity index (χ4n) is 3.73. The first-order valence-electron chi connectivity index (χ1n) is 10.9. The number of ether oxygens (including phenoxy) is 3. The molecule has 0 aliphatic carbocycles. The standard InChI is InChI=1S/C22H42O4/c1-5-6-7-8-9-10-11-12-13-14-15-16-17-18-19-20(21(23)24-4)26-22(2,3)25-19/h19-20H,5-18H2,1-4H3. The molecule has 0 aromatic heterocycles. The minimum atomic E-state index is -0.694. The van der Waals surface area contributed by atoms with Gasteiger partial charge < -0.3 is 14.2 Å². The zero-order chi connectivity index (χ0) is 19.3. The lowest BCUT2D eigenvalue weighted by Gasteiger charge is -2.16. The molecule has 2 atom stereocenters. The lowest BCUT2D eigenvalue weighted by Crippen LogP contribution is -2.32. The third-order valence-corrected chi connectivity index (χ3v) is 5.21. The van der Waals surface area contributed by atoms with Gasteiger partial charge in [-0.2, -0.15) is 0 Å². The molecule has 0 aromatic carbocycles. The summed E-state index contributed by atoms with van der Waals surface area (Å²) in [6.45, 7) is 5.98. The molecule has 1 fully saturated rings. The second-order valence-electron chi connectivity index (χ2n) is 8.15. The van der Waals surface area contributed by atoms with Gasteiger partial charge in [0.15, 0.2) is 11.9 Å². The Morgan fingerprint density at radius 1 is 0.808 bits per heavy atom. The highest BCUT2D eigenvalue weighted by Crippen LogP contribution is 2.31. The summed E-state index contributed by atoms with van der Waals surface area (Å²) in [7, 11) is 1.40. The van der Waals surface area contributed by atoms with Crippen molar-refractivity contribution in [3.05, 3.63) is 0 Å². The summed E-state index contributed by atoms with van der Waals surface area (Å²) in [6, 6.07) is 0. The predicted octanol–water partition coefficient (Wildman–Crippen LogP) is 6.16. The van der Waals surface area contributed by atoms with Crippen molar-refractivity contribution in [2.45, 2.75) is 129 Å². The minimum absolute atomic E-state index is 0.176. The summed E-state index contributed by atoms with van der Waals surface area (Å²) in [6.07, 6.45) is 17.5. The molecule has 2 unspecified atom stereocenters. The molecule has 1 aliphatic rings. The van der Waals surface area contributed by atoms with E-state index in [0.29, 0.717) is 0 Å². The highest BCUT2D eigenvalue weighted by atomic mass is 16.8. The molecule has 1 aliphatic heterocycles. The average Bonchev–Trinajstić information content (AvgIpc) is 2.93. The largest absolute Gasteiger partial charge is 0.467 e. The van der Waals surface area contributed by atoms with Gasteiger partial charge in [-0.15, -0.1) is 0 Å². The molecule has 0 bridgehead atoms. The van der Waals surface area contributed by atoms with E-state index >= 15 is 0 Å². The number of carbonyl (C=O) groups is 1. The first-order valence-corrected chi connectivity index (χ1v) is 10.9. The van der Waals surface area contributed by atoms with Crippen molar-refractivity contribution < 1.29 is 19.0 Å². The molecule has 0 saturated carbocycles. The van der Waals surface area contributed by atoms with Crippen molar-refractivity contribution >= 4 is 5.97 Å². The van der Waals surface area contributed by atoms with E-state index in [9.17, 15) is 4.79 Å². The number of carbonyl (C=O) groups excluding carboxylic acids is 1. The van der Waals surface area contributed by atoms with Crippen LogP contribution in [0.2, 0.25) is 0 Å². The van der Waals surface area contributed by atoms with E-state index in [-0.39, 0.29) is 12.1 Å². The molecular weight excluding hydrogens is 328 g/mol. The summed E-state index contributed by atoms with van der Waals surface area (Å²) < 4.78 is 16.4. The maximum absolute atomic E-state index is 11.8. The summed E-state index contributed by atoms with van der Waals surface area (Å²) in [5, 5.41) is 0. The Morgan fingerprint density at radius 3 is 1.73 bits per heavy atom. The third-order valence-electron chi connectivity index (χ3n) is 5.21. The fraction of sp³-hybridized carbons (Fsp3) is 0.955. The first kappa shape index (κ1) is 23.4. The Bertz CT molecular complexity index is 367. The first-order chi connectivity index (χ1) is 12.5. The van der Waals surface area contributed by atoms with Crippen LogP contribution in [0.5, 0.6) is 0 Å². The van der Waals surface area contributed by atoms with Gasteiger partial charge in [0.2, 0.25) is 0 Å². The van der Waals surface area contributed by atoms with Crippen LogP contribution in [-0.4, -0.2) is 31.1 Å². The lowest BCUT2D eigenvalue weighted by atomic mass is 10.0. The van der Waals surface area contributed by atoms with Gasteiger partial charge in [-0.3, -0.25) is 0 Å². The second kappa shape index (κ2) is 13.5. The van der Waals surface area contributed by atoms with Crippen molar-refractivity contribution in [3.8, 4) is 0 Å². The molecular formula is C22H42O4. The summed E-state index contributed by atoms with van der Waals surface area (Å²) in [5.41, 5.74) is 0. The van der Waals surface area contributed by atoms with Gasteiger partial charge in [0.25, 0.3) is 0 Å². The normalized spacial score (nSPS) is 21.8. The van der Waals surface area contributed by atoms with E-state index in [0.717, 1.165) is 12.8 Å². The van der Waals surface area contributed by atoms with Crippen LogP contribution in [0.25, 0.3) is 0 Å². The highest BCUT2D eigenvalue weighted by Gasteiger charge is 2.45. The van der Waals surface area contributed by atoms with Gasteiger partial charge in [-0.25, -0.2) is 4.79 Å². The Kier molecular flexibility index (Phi) is 12.2. The van der Waals surface area contributed by atoms with Crippen LogP contribution in [-0.2, 0) is 19.0 Å². The van der Waals surface area contributed by atoms with Crippen molar-refractivity contribution in [3.63, 3.8) is 0 Å². The molecule has 4 heteroatoms. The van der Waals surface area contributed by atoms with E-state index in [1.54, 1.807) is 0 Å². The van der Waals surface area contributed by atoms with Crippen LogP contribution in [0.4, 0.5) is 0 Å². The van der Waals surface area contributed by atoms with E-state index in [1.807, 2.05) is 13.8 Å². The van der Waals surface area contributed by atoms with E-state index in [1.165, 1.54) is 84.2 Å². The maximum atomic E-state index is 11.8. The number of hydrogen-bond acceptors (Lipinski definition) is 4. The number of rotatable bonds is 15.